The van der Waals surface area contributed by atoms with Gasteiger partial charge in [-0.1, -0.05) is 29.8 Å². The van der Waals surface area contributed by atoms with Crippen molar-refractivity contribution in [3.05, 3.63) is 101 Å². The van der Waals surface area contributed by atoms with Gasteiger partial charge < -0.3 is 14.6 Å². The van der Waals surface area contributed by atoms with Gasteiger partial charge in [-0.2, -0.15) is 0 Å². The normalized spacial score (nSPS) is 12.9. The Morgan fingerprint density at radius 3 is 2.29 bits per heavy atom. The van der Waals surface area contributed by atoms with Crippen molar-refractivity contribution in [1.82, 2.24) is 15.1 Å². The molecule has 170 valence electrons. The Morgan fingerprint density at radius 2 is 1.62 bits per heavy atom. The molecule has 2 amide bonds. The van der Waals surface area contributed by atoms with Crippen LogP contribution in [0, 0.1) is 0 Å². The van der Waals surface area contributed by atoms with Crippen LogP contribution < -0.4 is 5.32 Å². The van der Waals surface area contributed by atoms with E-state index in [0.29, 0.717) is 33.6 Å². The van der Waals surface area contributed by atoms with Crippen molar-refractivity contribution in [3.63, 3.8) is 0 Å². The van der Waals surface area contributed by atoms with Crippen molar-refractivity contribution >= 4 is 29.1 Å². The second-order valence-corrected chi connectivity index (χ2v) is 8.51. The van der Waals surface area contributed by atoms with E-state index in [0.717, 1.165) is 18.4 Å². The number of nitrogens with one attached hydrogen (secondary N) is 1. The van der Waals surface area contributed by atoms with Crippen LogP contribution in [-0.4, -0.2) is 33.0 Å². The molecule has 0 spiro atoms. The van der Waals surface area contributed by atoms with Crippen molar-refractivity contribution < 1.29 is 14.0 Å². The minimum atomic E-state index is -0.202. The van der Waals surface area contributed by atoms with Crippen molar-refractivity contribution in [1.29, 1.82) is 0 Å². The molecule has 1 heterocycles. The summed E-state index contributed by atoms with van der Waals surface area (Å²) in [6, 6.07) is 23.1. The van der Waals surface area contributed by atoms with Crippen molar-refractivity contribution in [2.24, 2.45) is 0 Å². The highest BCUT2D eigenvalue weighted by Crippen LogP contribution is 2.30. The standard InChI is InChI=1S/C26H21ClN4O3/c27-20-10-6-18(7-11-20)25-30-29-23(34-25)16-31(22-14-15-22)26(33)19-8-12-21(13-9-19)28-24(32)17-4-2-1-3-5-17/h1-13,22H,14-16H2,(H,28,32). The minimum absolute atomic E-state index is 0.116. The van der Waals surface area contributed by atoms with Crippen molar-refractivity contribution in [2.45, 2.75) is 25.4 Å². The van der Waals surface area contributed by atoms with E-state index >= 15 is 0 Å². The van der Waals surface area contributed by atoms with E-state index in [9.17, 15) is 9.59 Å². The van der Waals surface area contributed by atoms with Crippen LogP contribution in [-0.2, 0) is 6.54 Å². The molecule has 1 aliphatic carbocycles. The molecule has 8 heteroatoms. The van der Waals surface area contributed by atoms with Crippen molar-refractivity contribution in [2.75, 3.05) is 5.32 Å². The summed E-state index contributed by atoms with van der Waals surface area (Å²) in [5, 5.41) is 11.7. The number of hydrogen-bond acceptors (Lipinski definition) is 5. The molecule has 0 bridgehead atoms. The fraction of sp³-hybridized carbons (Fsp3) is 0.154. The van der Waals surface area contributed by atoms with Gasteiger partial charge in [0.15, 0.2) is 0 Å². The number of halogens is 1. The van der Waals surface area contributed by atoms with E-state index in [-0.39, 0.29) is 24.4 Å². The Morgan fingerprint density at radius 1 is 0.912 bits per heavy atom. The van der Waals surface area contributed by atoms with Crippen LogP contribution >= 0.6 is 11.6 Å². The van der Waals surface area contributed by atoms with Gasteiger partial charge in [0, 0.05) is 33.4 Å². The SMILES string of the molecule is O=C(Nc1ccc(C(=O)N(Cc2nnc(-c3ccc(Cl)cc3)o2)C2CC2)cc1)c1ccccc1. The van der Waals surface area contributed by atoms with Crippen LogP contribution in [0.5, 0.6) is 0 Å². The molecule has 0 unspecified atom stereocenters. The van der Waals surface area contributed by atoms with Gasteiger partial charge in [-0.3, -0.25) is 9.59 Å². The van der Waals surface area contributed by atoms with Crippen LogP contribution in [0.3, 0.4) is 0 Å². The lowest BCUT2D eigenvalue weighted by Crippen LogP contribution is -2.32. The summed E-state index contributed by atoms with van der Waals surface area (Å²) in [7, 11) is 0. The van der Waals surface area contributed by atoms with Crippen LogP contribution in [0.15, 0.2) is 83.3 Å². The zero-order chi connectivity index (χ0) is 23.5. The van der Waals surface area contributed by atoms with E-state index in [2.05, 4.69) is 15.5 Å². The van der Waals surface area contributed by atoms with Crippen molar-refractivity contribution in [3.8, 4) is 11.5 Å². The third kappa shape index (κ3) is 5.00. The smallest absolute Gasteiger partial charge is 0.255 e. The molecule has 1 N–H and O–H groups in total. The molecule has 1 aromatic heterocycles. The first-order valence-corrected chi connectivity index (χ1v) is 11.3. The first kappa shape index (κ1) is 21.9. The largest absolute Gasteiger partial charge is 0.419 e. The number of rotatable bonds is 7. The van der Waals surface area contributed by atoms with Crippen LogP contribution in [0.2, 0.25) is 5.02 Å². The summed E-state index contributed by atoms with van der Waals surface area (Å²) >= 11 is 5.94. The molecule has 5 rings (SSSR count). The van der Waals surface area contributed by atoms with Gasteiger partial charge in [0.05, 0.1) is 6.54 Å². The molecule has 1 saturated carbocycles. The summed E-state index contributed by atoms with van der Waals surface area (Å²) in [5.74, 6) is 0.437. The quantitative estimate of drug-likeness (QED) is 0.386. The summed E-state index contributed by atoms with van der Waals surface area (Å²) in [4.78, 5) is 27.3. The lowest BCUT2D eigenvalue weighted by molar-refractivity contribution is 0.0714. The van der Waals surface area contributed by atoms with E-state index in [1.54, 1.807) is 53.4 Å². The molecule has 0 aliphatic heterocycles. The summed E-state index contributed by atoms with van der Waals surface area (Å²) < 4.78 is 5.80. The maximum atomic E-state index is 13.2. The fourth-order valence-electron chi connectivity index (χ4n) is 3.58. The van der Waals surface area contributed by atoms with Crippen LogP contribution in [0.4, 0.5) is 5.69 Å². The fourth-order valence-corrected chi connectivity index (χ4v) is 3.71. The topological polar surface area (TPSA) is 88.3 Å². The molecular formula is C26H21ClN4O3. The molecular weight excluding hydrogens is 452 g/mol. The Hall–Kier alpha value is -3.97. The summed E-state index contributed by atoms with van der Waals surface area (Å²) in [6.07, 6.45) is 1.88. The molecule has 0 saturated heterocycles. The van der Waals surface area contributed by atoms with Gasteiger partial charge in [0.1, 0.15) is 0 Å². The monoisotopic (exact) mass is 472 g/mol. The predicted molar refractivity (Wildman–Crippen MR) is 128 cm³/mol. The Balaban J connectivity index is 1.27. The van der Waals surface area contributed by atoms with Gasteiger partial charge in [-0.05, 0) is 73.5 Å². The van der Waals surface area contributed by atoms with E-state index in [4.69, 9.17) is 16.0 Å². The number of nitrogens with zero attached hydrogens (tertiary/aromatic N) is 3. The van der Waals surface area contributed by atoms with Crippen LogP contribution in [0.1, 0.15) is 39.4 Å². The highest BCUT2D eigenvalue weighted by Gasteiger charge is 2.34. The lowest BCUT2D eigenvalue weighted by Gasteiger charge is -2.20. The second kappa shape index (κ2) is 9.49. The number of amides is 2. The van der Waals surface area contributed by atoms with Gasteiger partial charge in [-0.25, -0.2) is 0 Å². The molecule has 0 radical (unpaired) electrons. The van der Waals surface area contributed by atoms with Gasteiger partial charge in [-0.15, -0.1) is 10.2 Å². The minimum Gasteiger partial charge on any atom is -0.419 e. The highest BCUT2D eigenvalue weighted by molar-refractivity contribution is 6.30. The Kier molecular flexibility index (Phi) is 6.10. The molecule has 4 aromatic rings. The summed E-state index contributed by atoms with van der Waals surface area (Å²) in [6.45, 7) is 0.233. The molecule has 1 fully saturated rings. The highest BCUT2D eigenvalue weighted by atomic mass is 35.5. The third-order valence-corrected chi connectivity index (χ3v) is 5.79. The van der Waals surface area contributed by atoms with E-state index in [1.807, 2.05) is 30.3 Å². The first-order valence-electron chi connectivity index (χ1n) is 10.9. The number of hydrogen-bond donors (Lipinski definition) is 1. The van der Waals surface area contributed by atoms with Crippen LogP contribution in [0.25, 0.3) is 11.5 Å². The third-order valence-electron chi connectivity index (χ3n) is 5.54. The number of anilines is 1. The summed E-state index contributed by atoms with van der Waals surface area (Å²) in [5.41, 5.74) is 2.48. The average molecular weight is 473 g/mol. The maximum Gasteiger partial charge on any atom is 0.255 e. The molecule has 0 atom stereocenters. The Bertz CT molecular complexity index is 1300. The molecule has 1 aliphatic rings. The van der Waals surface area contributed by atoms with E-state index < -0.39 is 0 Å². The number of carbonyl (C=O) groups is 2. The lowest BCUT2D eigenvalue weighted by atomic mass is 10.1. The maximum absolute atomic E-state index is 13.2. The molecule has 7 nitrogen and oxygen atoms in total. The number of aromatic nitrogens is 2. The van der Waals surface area contributed by atoms with Gasteiger partial charge >= 0.3 is 0 Å². The Labute approximate surface area is 201 Å². The molecule has 34 heavy (non-hydrogen) atoms. The van der Waals surface area contributed by atoms with Gasteiger partial charge in [0.25, 0.3) is 11.8 Å². The first-order chi connectivity index (χ1) is 16.6. The zero-order valence-electron chi connectivity index (χ0n) is 18.1. The predicted octanol–water partition coefficient (Wildman–Crippen LogP) is 5.45. The van der Waals surface area contributed by atoms with E-state index in [1.165, 1.54) is 0 Å². The average Bonchev–Trinajstić information content (AvgIpc) is 3.61. The zero-order valence-corrected chi connectivity index (χ0v) is 18.9. The number of benzene rings is 3. The second-order valence-electron chi connectivity index (χ2n) is 8.07. The number of carbonyl (C=O) groups excluding carboxylic acids is 2. The molecule has 3 aromatic carbocycles. The van der Waals surface area contributed by atoms with Gasteiger partial charge in [0.2, 0.25) is 11.8 Å².